The molecule has 7 heteroatoms. The van der Waals surface area contributed by atoms with Gasteiger partial charge < -0.3 is 5.73 Å². The Labute approximate surface area is 94.9 Å². The summed E-state index contributed by atoms with van der Waals surface area (Å²) < 4.78 is 38.4. The van der Waals surface area contributed by atoms with Crippen LogP contribution >= 0.6 is 0 Å². The summed E-state index contributed by atoms with van der Waals surface area (Å²) in [4.78, 5) is 3.72. The minimum absolute atomic E-state index is 0.352. The van der Waals surface area contributed by atoms with Crippen LogP contribution in [0.25, 0.3) is 11.4 Å². The zero-order valence-electron chi connectivity index (χ0n) is 8.86. The predicted molar refractivity (Wildman–Crippen MR) is 55.9 cm³/mol. The van der Waals surface area contributed by atoms with E-state index in [1.807, 2.05) is 0 Å². The van der Waals surface area contributed by atoms with Gasteiger partial charge >= 0.3 is 6.18 Å². The highest BCUT2D eigenvalue weighted by atomic mass is 19.4. The molecule has 0 unspecified atom stereocenters. The number of pyridine rings is 1. The lowest BCUT2D eigenvalue weighted by Crippen LogP contribution is -2.05. The highest BCUT2D eigenvalue weighted by Crippen LogP contribution is 2.29. The number of anilines is 1. The molecular weight excluding hydrogens is 233 g/mol. The summed E-state index contributed by atoms with van der Waals surface area (Å²) in [6.45, 7) is 0. The quantitative estimate of drug-likeness (QED) is 0.832. The van der Waals surface area contributed by atoms with Crippen molar-refractivity contribution in [2.75, 3.05) is 5.73 Å². The summed E-state index contributed by atoms with van der Waals surface area (Å²) in [7, 11) is 1.64. The molecule has 2 aromatic heterocycles. The number of alkyl halides is 3. The molecule has 0 saturated carbocycles. The van der Waals surface area contributed by atoms with Crippen molar-refractivity contribution in [3.63, 3.8) is 0 Å². The maximum absolute atomic E-state index is 12.3. The van der Waals surface area contributed by atoms with Gasteiger partial charge in [0.1, 0.15) is 11.5 Å². The van der Waals surface area contributed by atoms with Crippen molar-refractivity contribution in [1.29, 1.82) is 0 Å². The molecule has 0 bridgehead atoms. The van der Waals surface area contributed by atoms with Crippen LogP contribution in [0.1, 0.15) is 5.56 Å². The summed E-state index contributed by atoms with van der Waals surface area (Å²) in [6, 6.07) is 3.79. The van der Waals surface area contributed by atoms with Crippen LogP contribution in [0.4, 0.5) is 19.0 Å². The van der Waals surface area contributed by atoms with Crippen LogP contribution in [0, 0.1) is 0 Å². The smallest absolute Gasteiger partial charge is 0.384 e. The second kappa shape index (κ2) is 3.76. The van der Waals surface area contributed by atoms with Gasteiger partial charge in [0.2, 0.25) is 0 Å². The maximum atomic E-state index is 12.3. The molecule has 2 N–H and O–H groups in total. The highest BCUT2D eigenvalue weighted by Gasteiger charge is 2.30. The van der Waals surface area contributed by atoms with E-state index in [0.29, 0.717) is 17.2 Å². The van der Waals surface area contributed by atoms with Gasteiger partial charge in [-0.15, -0.1) is 0 Å². The van der Waals surface area contributed by atoms with Crippen LogP contribution in [0.15, 0.2) is 24.4 Å². The highest BCUT2D eigenvalue weighted by molar-refractivity contribution is 5.58. The molecule has 0 aliphatic rings. The van der Waals surface area contributed by atoms with E-state index in [2.05, 4.69) is 10.1 Å². The Kier molecular flexibility index (Phi) is 2.53. The third-order valence-electron chi connectivity index (χ3n) is 2.27. The van der Waals surface area contributed by atoms with Crippen molar-refractivity contribution in [2.24, 2.45) is 7.05 Å². The second-order valence-electron chi connectivity index (χ2n) is 3.51. The average Bonchev–Trinajstić information content (AvgIpc) is 2.58. The molecule has 90 valence electrons. The van der Waals surface area contributed by atoms with Gasteiger partial charge in [0.05, 0.1) is 11.3 Å². The second-order valence-corrected chi connectivity index (χ2v) is 3.51. The number of rotatable bonds is 1. The summed E-state index contributed by atoms with van der Waals surface area (Å²) >= 11 is 0. The van der Waals surface area contributed by atoms with Gasteiger partial charge in [0.25, 0.3) is 0 Å². The number of halogens is 3. The first-order valence-electron chi connectivity index (χ1n) is 4.71. The van der Waals surface area contributed by atoms with Crippen molar-refractivity contribution in [3.05, 3.63) is 30.0 Å². The molecule has 0 radical (unpaired) electrons. The largest absolute Gasteiger partial charge is 0.417 e. The number of nitrogens with zero attached hydrogens (tertiary/aromatic N) is 3. The number of nitrogen functional groups attached to an aromatic ring is 1. The lowest BCUT2D eigenvalue weighted by Gasteiger charge is -2.05. The van der Waals surface area contributed by atoms with Gasteiger partial charge in [0, 0.05) is 19.3 Å². The molecule has 0 fully saturated rings. The van der Waals surface area contributed by atoms with E-state index in [0.717, 1.165) is 12.3 Å². The fraction of sp³-hybridized carbons (Fsp3) is 0.200. The Hall–Kier alpha value is -2.05. The number of hydrogen-bond donors (Lipinski definition) is 1. The van der Waals surface area contributed by atoms with Crippen molar-refractivity contribution in [2.45, 2.75) is 6.18 Å². The first-order valence-corrected chi connectivity index (χ1v) is 4.71. The monoisotopic (exact) mass is 242 g/mol. The Balaban J connectivity index is 2.36. The Morgan fingerprint density at radius 1 is 1.24 bits per heavy atom. The SMILES string of the molecule is Cn1nc(-c2ccc(C(F)(F)F)cn2)cc1N. The maximum Gasteiger partial charge on any atom is 0.417 e. The average molecular weight is 242 g/mol. The first kappa shape index (κ1) is 11.4. The number of hydrogen-bond acceptors (Lipinski definition) is 3. The molecule has 4 nitrogen and oxygen atoms in total. The fourth-order valence-electron chi connectivity index (χ4n) is 1.32. The Bertz CT molecular complexity index is 508. The van der Waals surface area contributed by atoms with Crippen LogP contribution < -0.4 is 5.73 Å². The van der Waals surface area contributed by atoms with Gasteiger partial charge in [-0.25, -0.2) is 0 Å². The van der Waals surface area contributed by atoms with Crippen molar-refractivity contribution in [3.8, 4) is 11.4 Å². The molecule has 0 atom stereocenters. The minimum Gasteiger partial charge on any atom is -0.384 e. The summed E-state index contributed by atoms with van der Waals surface area (Å²) in [5.41, 5.74) is 5.58. The van der Waals surface area contributed by atoms with Crippen LogP contribution in [-0.2, 0) is 13.2 Å². The van der Waals surface area contributed by atoms with E-state index in [1.165, 1.54) is 10.7 Å². The standard InChI is InChI=1S/C10H9F3N4/c1-17-9(14)4-8(16-17)7-3-2-6(5-15-7)10(11,12)13/h2-5H,14H2,1H3. The molecule has 2 heterocycles. The predicted octanol–water partition coefficient (Wildman–Crippen LogP) is 2.08. The molecule has 0 aromatic carbocycles. The normalized spacial score (nSPS) is 11.8. The molecule has 0 aliphatic carbocycles. The van der Waals surface area contributed by atoms with E-state index >= 15 is 0 Å². The van der Waals surface area contributed by atoms with Crippen molar-refractivity contribution < 1.29 is 13.2 Å². The van der Waals surface area contributed by atoms with Gasteiger partial charge in [-0.05, 0) is 12.1 Å². The summed E-state index contributed by atoms with van der Waals surface area (Å²) in [5, 5.41) is 4.02. The molecule has 0 aliphatic heterocycles. The van der Waals surface area contributed by atoms with E-state index in [4.69, 9.17) is 5.73 Å². The zero-order chi connectivity index (χ0) is 12.6. The number of aromatic nitrogens is 3. The lowest BCUT2D eigenvalue weighted by molar-refractivity contribution is -0.137. The van der Waals surface area contributed by atoms with Gasteiger partial charge in [0.15, 0.2) is 0 Å². The molecule has 2 rings (SSSR count). The zero-order valence-corrected chi connectivity index (χ0v) is 8.86. The van der Waals surface area contributed by atoms with E-state index in [-0.39, 0.29) is 0 Å². The van der Waals surface area contributed by atoms with Gasteiger partial charge in [-0.3, -0.25) is 9.67 Å². The number of nitrogens with two attached hydrogens (primary N) is 1. The third-order valence-corrected chi connectivity index (χ3v) is 2.27. The lowest BCUT2D eigenvalue weighted by atomic mass is 10.2. The van der Waals surface area contributed by atoms with E-state index in [9.17, 15) is 13.2 Å². The topological polar surface area (TPSA) is 56.7 Å². The molecule has 0 amide bonds. The summed E-state index contributed by atoms with van der Waals surface area (Å²) in [6.07, 6.45) is -3.60. The van der Waals surface area contributed by atoms with Crippen molar-refractivity contribution >= 4 is 5.82 Å². The minimum atomic E-state index is -4.38. The molecule has 2 aromatic rings. The molecule has 0 saturated heterocycles. The first-order chi connectivity index (χ1) is 7.88. The number of aryl methyl sites for hydroxylation is 1. The van der Waals surface area contributed by atoms with Crippen LogP contribution in [0.5, 0.6) is 0 Å². The summed E-state index contributed by atoms with van der Waals surface area (Å²) in [5.74, 6) is 0.418. The van der Waals surface area contributed by atoms with Crippen molar-refractivity contribution in [1.82, 2.24) is 14.8 Å². The Morgan fingerprint density at radius 3 is 2.35 bits per heavy atom. The third kappa shape index (κ3) is 2.22. The molecular formula is C10H9F3N4. The van der Waals surface area contributed by atoms with E-state index in [1.54, 1.807) is 13.1 Å². The molecule has 17 heavy (non-hydrogen) atoms. The fourth-order valence-corrected chi connectivity index (χ4v) is 1.32. The van der Waals surface area contributed by atoms with Gasteiger partial charge in [-0.2, -0.15) is 18.3 Å². The van der Waals surface area contributed by atoms with Gasteiger partial charge in [-0.1, -0.05) is 0 Å². The van der Waals surface area contributed by atoms with Crippen LogP contribution in [-0.4, -0.2) is 14.8 Å². The van der Waals surface area contributed by atoms with Crippen LogP contribution in [0.2, 0.25) is 0 Å². The molecule has 0 spiro atoms. The van der Waals surface area contributed by atoms with Crippen LogP contribution in [0.3, 0.4) is 0 Å². The van der Waals surface area contributed by atoms with E-state index < -0.39 is 11.7 Å². The Morgan fingerprint density at radius 2 is 1.94 bits per heavy atom.